The van der Waals surface area contributed by atoms with Gasteiger partial charge in [-0.1, -0.05) is 5.21 Å². The van der Waals surface area contributed by atoms with Crippen molar-refractivity contribution in [3.63, 3.8) is 0 Å². The Morgan fingerprint density at radius 1 is 1.28 bits per heavy atom. The van der Waals surface area contributed by atoms with Gasteiger partial charge in [-0.25, -0.2) is 13.6 Å². The maximum absolute atomic E-state index is 13.4. The molecule has 5 rings (SSSR count). The minimum atomic E-state index is -1.29. The van der Waals surface area contributed by atoms with Crippen molar-refractivity contribution in [3.05, 3.63) is 58.5 Å². The highest BCUT2D eigenvalue weighted by Crippen LogP contribution is 2.36. The summed E-state index contributed by atoms with van der Waals surface area (Å²) < 4.78 is 24.0. The van der Waals surface area contributed by atoms with Crippen LogP contribution in [0.3, 0.4) is 0 Å². The van der Waals surface area contributed by atoms with Crippen LogP contribution < -0.4 is 10.1 Å². The Morgan fingerprint density at radius 2 is 2.06 bits per heavy atom. The number of ether oxygens (including phenoxy) is 1. The van der Waals surface area contributed by atoms with Crippen LogP contribution >= 0.6 is 28.3 Å². The van der Waals surface area contributed by atoms with Crippen LogP contribution in [0.25, 0.3) is 16.8 Å². The molecule has 0 amide bonds. The lowest BCUT2D eigenvalue weighted by Crippen LogP contribution is -2.30. The van der Waals surface area contributed by atoms with Crippen LogP contribution in [0.2, 0.25) is 0 Å². The molecule has 192 valence electrons. The fraction of sp³-hybridized carbons (Fsp3) is 0.391. The van der Waals surface area contributed by atoms with Crippen molar-refractivity contribution in [2.45, 2.75) is 38.0 Å². The first-order valence-corrected chi connectivity index (χ1v) is 12.1. The summed E-state index contributed by atoms with van der Waals surface area (Å²) in [7, 11) is 0. The summed E-state index contributed by atoms with van der Waals surface area (Å²) in [6, 6.07) is 4.72. The molecule has 0 radical (unpaired) electrons. The first-order valence-electron chi connectivity index (χ1n) is 11.3. The molecule has 1 aliphatic heterocycles. The minimum Gasteiger partial charge on any atom is -0.479 e. The third-order valence-corrected chi connectivity index (χ3v) is 6.80. The molecule has 13 heteroatoms. The average Bonchev–Trinajstić information content (AvgIpc) is 3.45. The van der Waals surface area contributed by atoms with Crippen molar-refractivity contribution in [2.75, 3.05) is 19.7 Å². The van der Waals surface area contributed by atoms with E-state index in [1.807, 2.05) is 17.8 Å². The largest absolute Gasteiger partial charge is 0.479 e. The molecule has 3 N–H and O–H groups in total. The van der Waals surface area contributed by atoms with E-state index in [-0.39, 0.29) is 24.1 Å². The Kier molecular flexibility index (Phi) is 8.20. The topological polar surface area (TPSA) is 123 Å². The quantitative estimate of drug-likeness (QED) is 0.304. The summed E-state index contributed by atoms with van der Waals surface area (Å²) in [5.74, 6) is -0.132. The van der Waals surface area contributed by atoms with Crippen molar-refractivity contribution in [3.8, 4) is 17.0 Å². The number of nitrogens with one attached hydrogen (secondary N) is 1. The highest BCUT2D eigenvalue weighted by atomic mass is 79.9. The van der Waals surface area contributed by atoms with Gasteiger partial charge < -0.3 is 20.3 Å². The van der Waals surface area contributed by atoms with E-state index < -0.39 is 24.6 Å². The maximum atomic E-state index is 13.4. The lowest BCUT2D eigenvalue weighted by Gasteiger charge is -2.24. The first kappa shape index (κ1) is 26.4. The number of aliphatic hydroxyl groups excluding tert-OH is 2. The van der Waals surface area contributed by atoms with E-state index in [2.05, 4.69) is 41.6 Å². The highest BCUT2D eigenvalue weighted by Gasteiger charge is 2.27. The van der Waals surface area contributed by atoms with Crippen LogP contribution in [-0.4, -0.2) is 65.6 Å². The maximum Gasteiger partial charge on any atom is 0.169 e. The molecule has 36 heavy (non-hydrogen) atoms. The van der Waals surface area contributed by atoms with Gasteiger partial charge in [-0.15, -0.1) is 17.5 Å². The summed E-state index contributed by atoms with van der Waals surface area (Å²) in [5, 5.41) is 36.8. The number of aliphatic hydroxyl groups is 2. The van der Waals surface area contributed by atoms with E-state index >= 15 is 0 Å². The van der Waals surface area contributed by atoms with Gasteiger partial charge in [0.25, 0.3) is 0 Å². The lowest BCUT2D eigenvalue weighted by atomic mass is 10.1. The zero-order valence-electron chi connectivity index (χ0n) is 19.4. The number of aromatic nitrogens is 6. The average molecular weight is 583 g/mol. The Bertz CT molecular complexity index is 1330. The molecule has 0 spiro atoms. The Labute approximate surface area is 221 Å². The molecule has 10 nitrogen and oxygen atoms in total. The molecule has 4 aromatic heterocycles. The van der Waals surface area contributed by atoms with Gasteiger partial charge in [0.2, 0.25) is 0 Å². The van der Waals surface area contributed by atoms with Gasteiger partial charge in [-0.05, 0) is 67.0 Å². The van der Waals surface area contributed by atoms with E-state index in [9.17, 15) is 14.6 Å². The number of nitrogens with zero attached hydrogens (tertiary/aromatic N) is 6. The number of pyridine rings is 2. The van der Waals surface area contributed by atoms with E-state index in [0.29, 0.717) is 21.4 Å². The molecule has 2 atom stereocenters. The van der Waals surface area contributed by atoms with Crippen LogP contribution in [0.15, 0.2) is 41.3 Å². The van der Waals surface area contributed by atoms with Crippen LogP contribution in [-0.2, 0) is 0 Å². The van der Waals surface area contributed by atoms with Crippen molar-refractivity contribution < 1.29 is 19.3 Å². The highest BCUT2D eigenvalue weighted by molar-refractivity contribution is 9.10. The zero-order valence-corrected chi connectivity index (χ0v) is 21.8. The van der Waals surface area contributed by atoms with E-state index in [1.54, 1.807) is 16.8 Å². The molecule has 1 unspecified atom stereocenters. The van der Waals surface area contributed by atoms with Crippen LogP contribution in [0, 0.1) is 12.7 Å². The summed E-state index contributed by atoms with van der Waals surface area (Å²) in [6.07, 6.45) is 4.14. The molecule has 4 aromatic rings. The van der Waals surface area contributed by atoms with Crippen molar-refractivity contribution in [1.29, 1.82) is 0 Å². The molecule has 0 aromatic carbocycles. The van der Waals surface area contributed by atoms with Crippen LogP contribution in [0.4, 0.5) is 4.39 Å². The van der Waals surface area contributed by atoms with E-state index in [4.69, 9.17) is 4.74 Å². The molecule has 1 saturated heterocycles. The van der Waals surface area contributed by atoms with E-state index in [1.165, 1.54) is 12.1 Å². The summed E-state index contributed by atoms with van der Waals surface area (Å²) in [4.78, 5) is 4.05. The van der Waals surface area contributed by atoms with Gasteiger partial charge in [-0.2, -0.15) is 5.10 Å². The fourth-order valence-electron chi connectivity index (χ4n) is 4.40. The summed E-state index contributed by atoms with van der Waals surface area (Å²) >= 11 is 3.50. The van der Waals surface area contributed by atoms with Crippen molar-refractivity contribution >= 4 is 33.9 Å². The standard InChI is InChI=1S/C23H25BrFN7O3.ClH/c1-13-21(29-30-32(13)16-4-6-26-7-5-16)14-8-20(22-17(24)10-28-31(22)11-14)35-23(19(34)12-33)18-3-2-15(25)9-27-18;/h2-3,8-11,16,19,23,26,33-34H,4-7,12H2,1H3;1H/t19-,23?;/m1./s1. The third kappa shape index (κ3) is 5.09. The normalized spacial score (nSPS) is 16.0. The summed E-state index contributed by atoms with van der Waals surface area (Å²) in [5.41, 5.74) is 3.25. The predicted molar refractivity (Wildman–Crippen MR) is 136 cm³/mol. The van der Waals surface area contributed by atoms with Gasteiger partial charge in [0.05, 0.1) is 40.9 Å². The number of fused-ring (bicyclic) bond motifs is 1. The van der Waals surface area contributed by atoms with Crippen molar-refractivity contribution in [2.24, 2.45) is 0 Å². The SMILES string of the molecule is Cc1c(-c2cc(OC(c3ccc(F)cn3)[C@H](O)CO)c3c(Br)cnn3c2)nnn1C1CCNCC1.Cl. The number of rotatable bonds is 7. The molecule has 0 saturated carbocycles. The number of hydrogen-bond donors (Lipinski definition) is 3. The Morgan fingerprint density at radius 3 is 2.75 bits per heavy atom. The second-order valence-electron chi connectivity index (χ2n) is 8.52. The predicted octanol–water partition coefficient (Wildman–Crippen LogP) is 3.02. The molecule has 0 bridgehead atoms. The van der Waals surface area contributed by atoms with Gasteiger partial charge in [0.1, 0.15) is 28.9 Å². The first-order chi connectivity index (χ1) is 17.0. The van der Waals surface area contributed by atoms with Crippen molar-refractivity contribution in [1.82, 2.24) is 34.9 Å². The van der Waals surface area contributed by atoms with Crippen LogP contribution in [0.1, 0.15) is 36.4 Å². The van der Waals surface area contributed by atoms with Gasteiger partial charge in [0.15, 0.2) is 6.10 Å². The van der Waals surface area contributed by atoms with E-state index in [0.717, 1.165) is 43.4 Å². The second-order valence-corrected chi connectivity index (χ2v) is 9.37. The molecule has 5 heterocycles. The number of hydrogen-bond acceptors (Lipinski definition) is 8. The number of piperidine rings is 1. The zero-order chi connectivity index (χ0) is 24.5. The molecule has 1 fully saturated rings. The molecular weight excluding hydrogens is 557 g/mol. The number of halogens is 3. The monoisotopic (exact) mass is 581 g/mol. The van der Waals surface area contributed by atoms with Crippen LogP contribution in [0.5, 0.6) is 5.75 Å². The fourth-order valence-corrected chi connectivity index (χ4v) is 4.87. The lowest BCUT2D eigenvalue weighted by molar-refractivity contribution is -0.00335. The van der Waals surface area contributed by atoms with Gasteiger partial charge in [0, 0.05) is 11.8 Å². The molecule has 0 aliphatic carbocycles. The third-order valence-electron chi connectivity index (χ3n) is 6.22. The summed E-state index contributed by atoms with van der Waals surface area (Å²) in [6.45, 7) is 3.30. The Hall–Kier alpha value is -2.64. The smallest absolute Gasteiger partial charge is 0.169 e. The van der Waals surface area contributed by atoms with Gasteiger partial charge in [-0.3, -0.25) is 4.98 Å². The second kappa shape index (κ2) is 11.2. The molecular formula is C23H26BrClFN7O3. The Balaban J connectivity index is 0.00000304. The minimum absolute atomic E-state index is 0. The molecule has 1 aliphatic rings. The van der Waals surface area contributed by atoms with Gasteiger partial charge >= 0.3 is 0 Å².